The fraction of sp³-hybridized carbons (Fsp3) is 0.657. The Balaban J connectivity index is 1.52. The summed E-state index contributed by atoms with van der Waals surface area (Å²) in [6.07, 6.45) is -14.5. The molecular formula is C35H46N6O20. The van der Waals surface area contributed by atoms with Gasteiger partial charge in [0, 0.05) is 66.2 Å². The van der Waals surface area contributed by atoms with Crippen LogP contribution in [-0.2, 0) is 115 Å². The molecule has 61 heavy (non-hydrogen) atoms. The Bertz CT molecular complexity index is 1930. The van der Waals surface area contributed by atoms with Gasteiger partial charge < -0.3 is 56.8 Å². The molecule has 0 radical (unpaired) electrons. The Kier molecular flexibility index (Phi) is 13.2. The van der Waals surface area contributed by atoms with Crippen molar-refractivity contribution in [3.63, 3.8) is 0 Å². The monoisotopic (exact) mass is 878 g/mol. The molecule has 0 N–H and O–H groups in total. The summed E-state index contributed by atoms with van der Waals surface area (Å²) in [5.74, 6) is -9.09. The van der Waals surface area contributed by atoms with E-state index in [1.807, 2.05) is 0 Å². The van der Waals surface area contributed by atoms with Gasteiger partial charge in [-0.25, -0.2) is 4.68 Å². The van der Waals surface area contributed by atoms with Crippen molar-refractivity contribution in [2.24, 2.45) is 0 Å². The fourth-order valence-electron chi connectivity index (χ4n) is 5.76. The normalized spacial score (nSPS) is 27.6. The van der Waals surface area contributed by atoms with Gasteiger partial charge in [-0.05, 0) is 0 Å². The van der Waals surface area contributed by atoms with E-state index in [0.717, 1.165) is 4.80 Å². The van der Waals surface area contributed by atoms with Gasteiger partial charge in [-0.3, -0.25) is 38.4 Å². The quantitative estimate of drug-likeness (QED) is 0.122. The van der Waals surface area contributed by atoms with Crippen LogP contribution in [0.25, 0.3) is 0 Å². The maximum Gasteiger partial charge on any atom is 0.303 e. The molecule has 2 unspecified atom stereocenters. The number of carbonyl (C=O) groups excluding carboxylic acids is 8. The van der Waals surface area contributed by atoms with Gasteiger partial charge >= 0.3 is 47.8 Å². The van der Waals surface area contributed by atoms with Crippen LogP contribution >= 0.6 is 0 Å². The van der Waals surface area contributed by atoms with E-state index >= 15 is 0 Å². The van der Waals surface area contributed by atoms with E-state index in [4.69, 9.17) is 67.8 Å². The number of nitrogens with zero attached hydrogens (tertiary/aromatic N) is 6. The molecule has 0 amide bonds. The summed E-state index contributed by atoms with van der Waals surface area (Å²) >= 11 is 0. The van der Waals surface area contributed by atoms with E-state index in [1.165, 1.54) is 17.1 Å². The van der Waals surface area contributed by atoms with Crippen LogP contribution in [0.4, 0.5) is 0 Å². The highest BCUT2D eigenvalue weighted by Crippen LogP contribution is 2.32. The largest absolute Gasteiger partial charge is 0.463 e. The Morgan fingerprint density at radius 1 is 0.574 bits per heavy atom. The van der Waals surface area contributed by atoms with Crippen molar-refractivity contribution in [1.82, 2.24) is 30.0 Å². The number of carbonyl (C=O) groups is 8. The first kappa shape index (κ1) is 36.7. The summed E-state index contributed by atoms with van der Waals surface area (Å²) in [7, 11) is 0. The van der Waals surface area contributed by atoms with E-state index in [1.54, 1.807) is 0 Å². The molecule has 0 saturated carbocycles. The van der Waals surface area contributed by atoms with Crippen molar-refractivity contribution in [2.45, 2.75) is 136 Å². The lowest BCUT2D eigenvalue weighted by Gasteiger charge is -2.43. The molecule has 2 aromatic rings. The highest BCUT2D eigenvalue weighted by Gasteiger charge is 2.54. The predicted molar refractivity (Wildman–Crippen MR) is 189 cm³/mol. The van der Waals surface area contributed by atoms with Crippen molar-refractivity contribution in [2.75, 3.05) is 13.2 Å². The van der Waals surface area contributed by atoms with Gasteiger partial charge in [0.05, 0.1) is 25.6 Å². The van der Waals surface area contributed by atoms with Crippen LogP contribution in [0, 0.1) is 0 Å². The Hall–Kier alpha value is -6.12. The summed E-state index contributed by atoms with van der Waals surface area (Å²) in [4.78, 5) is 99.0. The molecule has 0 aromatic carbocycles. The number of hydrogen-bond donors (Lipinski definition) is 0. The average molecular weight is 879 g/mol. The van der Waals surface area contributed by atoms with Crippen molar-refractivity contribution in [1.29, 1.82) is 0 Å². The van der Waals surface area contributed by atoms with Gasteiger partial charge in [-0.1, -0.05) is 5.21 Å². The van der Waals surface area contributed by atoms with E-state index in [2.05, 4.69) is 20.5 Å². The van der Waals surface area contributed by atoms with Crippen LogP contribution in [0.2, 0.25) is 0 Å². The molecule has 4 heterocycles. The van der Waals surface area contributed by atoms with Crippen molar-refractivity contribution in [3.8, 4) is 0 Å². The Morgan fingerprint density at radius 3 is 1.43 bits per heavy atom. The standard InChI is InChI=1S/C35H46N6O20/c1-16(42)50-13-26-28(54-18(3)44)30(56-20(5)46)32(58-22(7)48)34(60-26)52-11-24-9-36-41(38-24)15-40-10-25(37-39-40)12-53-35-33(59-23(8)49)31(57-21(6)47)29(55-19(4)45)27(61-35)14-51-17(2)43/h9-10,26-35H,11-15H2,1-8H3/t26-,27-,28-,29-,30+,31+,32-,33-,34?,35?/m1/s1/i1D,2D,3D,4D,5D,6D,7D,8D. The van der Waals surface area contributed by atoms with Crippen LogP contribution in [-0.4, -0.2) is 152 Å². The Morgan fingerprint density at radius 2 is 0.984 bits per heavy atom. The number of rotatable bonds is 18. The molecule has 2 saturated heterocycles. The lowest BCUT2D eigenvalue weighted by molar-refractivity contribution is -0.310. The van der Waals surface area contributed by atoms with Gasteiger partial charge in [-0.15, -0.1) is 5.10 Å². The van der Waals surface area contributed by atoms with E-state index in [9.17, 15) is 38.4 Å². The first-order valence-electron chi connectivity index (χ1n) is 22.9. The minimum atomic E-state index is -1.79. The Labute approximate surface area is 357 Å². The minimum Gasteiger partial charge on any atom is -0.463 e. The lowest BCUT2D eigenvalue weighted by atomic mass is 9.98. The lowest BCUT2D eigenvalue weighted by Crippen LogP contribution is -2.62. The third-order valence-corrected chi connectivity index (χ3v) is 7.84. The van der Waals surface area contributed by atoms with Crippen LogP contribution in [0.1, 0.15) is 77.6 Å². The highest BCUT2D eigenvalue weighted by atomic mass is 16.7. The van der Waals surface area contributed by atoms with Gasteiger partial charge in [-0.2, -0.15) is 15.0 Å². The zero-order valence-corrected chi connectivity index (χ0v) is 32.0. The maximum atomic E-state index is 12.4. The molecule has 2 aromatic heterocycles. The molecule has 2 aliphatic rings. The van der Waals surface area contributed by atoms with E-state index in [-0.39, 0.29) is 18.1 Å². The summed E-state index contributed by atoms with van der Waals surface area (Å²) in [5.41, 5.74) is 0.170. The molecular weight excluding hydrogens is 824 g/mol. The second-order valence-electron chi connectivity index (χ2n) is 12.4. The van der Waals surface area contributed by atoms with Crippen molar-refractivity contribution in [3.05, 3.63) is 23.8 Å². The summed E-state index contributed by atoms with van der Waals surface area (Å²) in [6, 6.07) is 0. The zero-order valence-electron chi connectivity index (χ0n) is 40.0. The molecule has 336 valence electrons. The molecule has 26 nitrogen and oxygen atoms in total. The summed E-state index contributed by atoms with van der Waals surface area (Å²) in [6.45, 7) is -9.85. The predicted octanol–water partition coefficient (Wildman–Crippen LogP) is -1.43. The molecule has 4 rings (SSSR count). The van der Waals surface area contributed by atoms with Gasteiger partial charge in [0.2, 0.25) is 0 Å². The number of hydrogen-bond acceptors (Lipinski definition) is 24. The second-order valence-corrected chi connectivity index (χ2v) is 12.4. The molecule has 2 aliphatic heterocycles. The number of esters is 8. The van der Waals surface area contributed by atoms with Gasteiger partial charge in [0.25, 0.3) is 0 Å². The summed E-state index contributed by atoms with van der Waals surface area (Å²) in [5, 5.41) is 16.3. The van der Waals surface area contributed by atoms with Crippen molar-refractivity contribution >= 4 is 47.8 Å². The van der Waals surface area contributed by atoms with Crippen LogP contribution in [0.5, 0.6) is 0 Å². The second kappa shape index (κ2) is 21.9. The van der Waals surface area contributed by atoms with Gasteiger partial charge in [0.1, 0.15) is 36.8 Å². The first-order valence-corrected chi connectivity index (χ1v) is 17.2. The highest BCUT2D eigenvalue weighted by molar-refractivity contribution is 5.70. The van der Waals surface area contributed by atoms with Crippen LogP contribution in [0.3, 0.4) is 0 Å². The minimum absolute atomic E-state index is 0.0811. The van der Waals surface area contributed by atoms with E-state index < -0.39 is 191 Å². The topological polar surface area (TPSA) is 309 Å². The molecule has 0 bridgehead atoms. The van der Waals surface area contributed by atoms with Crippen LogP contribution < -0.4 is 0 Å². The van der Waals surface area contributed by atoms with E-state index in [0.29, 0.717) is 0 Å². The zero-order chi connectivity index (χ0) is 50.6. The maximum absolute atomic E-state index is 12.4. The third-order valence-electron chi connectivity index (χ3n) is 7.84. The smallest absolute Gasteiger partial charge is 0.303 e. The molecule has 26 heteroatoms. The first-order chi connectivity index (χ1) is 33.1. The SMILES string of the molecule is [2H]CC(=O)OC[C@H]1OC(OCc2cn(Cn3ncc(COC4O[C@H](COC(=O)C[2H])[C@@H](OC(=O)C[2H])[C@H](OC(=O)C[2H])[C@H]4OC(=O)C[2H])n3)nn2)[C@H](OC(=O)C[2H])[C@@H](OC(=O)C[2H])[C@@H]1OC(=O)C[2H]. The number of aromatic nitrogens is 6. The molecule has 2 fully saturated rings. The molecule has 10 atom stereocenters. The molecule has 0 aliphatic carbocycles. The number of ether oxygens (including phenoxy) is 12. The van der Waals surface area contributed by atoms with Gasteiger partial charge in [0.15, 0.2) is 55.9 Å². The van der Waals surface area contributed by atoms with Crippen molar-refractivity contribution < 1.29 is 106 Å². The molecule has 0 spiro atoms. The average Bonchev–Trinajstić information content (AvgIpc) is 4.02. The fourth-order valence-corrected chi connectivity index (χ4v) is 5.76. The van der Waals surface area contributed by atoms with Crippen LogP contribution in [0.15, 0.2) is 12.4 Å². The summed E-state index contributed by atoms with van der Waals surface area (Å²) < 4.78 is 125. The third kappa shape index (κ3) is 14.5.